The average molecular weight is 375 g/mol. The van der Waals surface area contributed by atoms with Gasteiger partial charge in [-0.1, -0.05) is 29.8 Å². The Morgan fingerprint density at radius 3 is 2.92 bits per heavy atom. The van der Waals surface area contributed by atoms with Crippen LogP contribution in [0, 0.1) is 6.92 Å². The fourth-order valence-corrected chi connectivity index (χ4v) is 2.91. The summed E-state index contributed by atoms with van der Waals surface area (Å²) >= 11 is 6.10. The molecule has 1 saturated heterocycles. The Labute approximate surface area is 158 Å². The van der Waals surface area contributed by atoms with E-state index in [0.717, 1.165) is 30.7 Å². The van der Waals surface area contributed by atoms with Gasteiger partial charge in [0.05, 0.1) is 18.3 Å². The molecule has 2 aromatic carbocycles. The number of carbonyl (C=O) groups is 1. The number of amides is 1. The summed E-state index contributed by atoms with van der Waals surface area (Å²) in [5, 5.41) is 6.62. The van der Waals surface area contributed by atoms with Crippen LogP contribution >= 0.6 is 11.6 Å². The molecular formula is C20H23ClN2O3. The number of aryl methyl sites for hydroxylation is 1. The Bertz CT molecular complexity index is 760. The smallest absolute Gasteiger partial charge is 0.243 e. The number of anilines is 2. The lowest BCUT2D eigenvalue weighted by molar-refractivity contribution is -0.114. The number of para-hydroxylation sites is 2. The molecule has 138 valence electrons. The average Bonchev–Trinajstić information content (AvgIpc) is 3.15. The van der Waals surface area contributed by atoms with Crippen molar-refractivity contribution in [3.8, 4) is 5.75 Å². The predicted molar refractivity (Wildman–Crippen MR) is 104 cm³/mol. The second kappa shape index (κ2) is 8.92. The maximum absolute atomic E-state index is 12.3. The minimum Gasteiger partial charge on any atom is -0.489 e. The highest BCUT2D eigenvalue weighted by molar-refractivity contribution is 6.31. The molecule has 26 heavy (non-hydrogen) atoms. The maximum Gasteiger partial charge on any atom is 0.243 e. The molecule has 1 atom stereocenters. The van der Waals surface area contributed by atoms with Crippen molar-refractivity contribution in [2.24, 2.45) is 0 Å². The topological polar surface area (TPSA) is 59.6 Å². The summed E-state index contributed by atoms with van der Waals surface area (Å²) in [6.07, 6.45) is 2.21. The zero-order valence-electron chi connectivity index (χ0n) is 14.8. The van der Waals surface area contributed by atoms with Crippen LogP contribution in [0.3, 0.4) is 0 Å². The third-order valence-electron chi connectivity index (χ3n) is 4.23. The van der Waals surface area contributed by atoms with E-state index in [4.69, 9.17) is 21.1 Å². The summed E-state index contributed by atoms with van der Waals surface area (Å²) in [5.74, 6) is 0.490. The van der Waals surface area contributed by atoms with Crippen LogP contribution in [-0.2, 0) is 9.53 Å². The van der Waals surface area contributed by atoms with Gasteiger partial charge in [0.15, 0.2) is 0 Å². The quantitative estimate of drug-likeness (QED) is 0.760. The molecule has 5 nitrogen and oxygen atoms in total. The molecule has 6 heteroatoms. The standard InChI is InChI=1S/C20H23ClN2O3/c1-14-8-9-15(11-17(14)21)22-12-20(24)23-18-6-2-3-7-19(18)26-13-16-5-4-10-25-16/h2-3,6-9,11,16,22H,4-5,10,12-13H2,1H3,(H,23,24). The Kier molecular flexibility index (Phi) is 6.36. The van der Waals surface area contributed by atoms with Gasteiger partial charge in [-0.05, 0) is 49.6 Å². The third kappa shape index (κ3) is 5.13. The highest BCUT2D eigenvalue weighted by Gasteiger charge is 2.17. The summed E-state index contributed by atoms with van der Waals surface area (Å²) in [7, 11) is 0. The van der Waals surface area contributed by atoms with Crippen molar-refractivity contribution in [2.75, 3.05) is 30.4 Å². The Morgan fingerprint density at radius 2 is 2.15 bits per heavy atom. The van der Waals surface area contributed by atoms with Crippen LogP contribution in [0.2, 0.25) is 5.02 Å². The molecule has 0 aliphatic carbocycles. The number of hydrogen-bond acceptors (Lipinski definition) is 4. The van der Waals surface area contributed by atoms with Gasteiger partial charge in [-0.25, -0.2) is 0 Å². The first kappa shape index (κ1) is 18.5. The number of benzene rings is 2. The molecule has 0 saturated carbocycles. The van der Waals surface area contributed by atoms with Crippen LogP contribution in [0.15, 0.2) is 42.5 Å². The van der Waals surface area contributed by atoms with Crippen molar-refractivity contribution < 1.29 is 14.3 Å². The predicted octanol–water partition coefficient (Wildman–Crippen LogP) is 4.26. The van der Waals surface area contributed by atoms with Crippen LogP contribution in [-0.4, -0.2) is 31.8 Å². The Balaban J connectivity index is 1.54. The molecule has 1 heterocycles. The number of carbonyl (C=O) groups excluding carboxylic acids is 1. The summed E-state index contributed by atoms with van der Waals surface area (Å²) in [6.45, 7) is 3.36. The minimum absolute atomic E-state index is 0.131. The fraction of sp³-hybridized carbons (Fsp3) is 0.350. The van der Waals surface area contributed by atoms with Gasteiger partial charge >= 0.3 is 0 Å². The summed E-state index contributed by atoms with van der Waals surface area (Å²) < 4.78 is 11.4. The molecule has 1 aliphatic heterocycles. The van der Waals surface area contributed by atoms with E-state index in [9.17, 15) is 4.79 Å². The third-order valence-corrected chi connectivity index (χ3v) is 4.64. The fourth-order valence-electron chi connectivity index (χ4n) is 2.73. The molecule has 0 bridgehead atoms. The summed E-state index contributed by atoms with van der Waals surface area (Å²) in [5.41, 5.74) is 2.46. The van der Waals surface area contributed by atoms with E-state index in [2.05, 4.69) is 10.6 Å². The van der Waals surface area contributed by atoms with Crippen LogP contribution in [0.25, 0.3) is 0 Å². The molecule has 2 aromatic rings. The number of rotatable bonds is 7. The van der Waals surface area contributed by atoms with Gasteiger partial charge in [-0.15, -0.1) is 0 Å². The lowest BCUT2D eigenvalue weighted by Gasteiger charge is -2.15. The van der Waals surface area contributed by atoms with E-state index in [1.165, 1.54) is 0 Å². The first-order valence-electron chi connectivity index (χ1n) is 8.75. The maximum atomic E-state index is 12.3. The van der Waals surface area contributed by atoms with Crippen molar-refractivity contribution >= 4 is 28.9 Å². The lowest BCUT2D eigenvalue weighted by atomic mass is 10.2. The van der Waals surface area contributed by atoms with Gasteiger partial charge in [-0.2, -0.15) is 0 Å². The highest BCUT2D eigenvalue weighted by Crippen LogP contribution is 2.25. The van der Waals surface area contributed by atoms with Crippen molar-refractivity contribution in [3.63, 3.8) is 0 Å². The molecule has 0 radical (unpaired) electrons. The molecule has 0 spiro atoms. The molecule has 1 amide bonds. The van der Waals surface area contributed by atoms with Crippen LogP contribution in [0.4, 0.5) is 11.4 Å². The van der Waals surface area contributed by atoms with Crippen molar-refractivity contribution in [3.05, 3.63) is 53.1 Å². The number of halogens is 1. The molecule has 1 aliphatic rings. The van der Waals surface area contributed by atoms with E-state index >= 15 is 0 Å². The Morgan fingerprint density at radius 1 is 1.31 bits per heavy atom. The molecule has 0 aromatic heterocycles. The molecular weight excluding hydrogens is 352 g/mol. The van der Waals surface area contributed by atoms with Gasteiger partial charge in [0.25, 0.3) is 0 Å². The summed E-state index contributed by atoms with van der Waals surface area (Å²) in [4.78, 5) is 12.3. The van der Waals surface area contributed by atoms with E-state index in [1.807, 2.05) is 49.4 Å². The van der Waals surface area contributed by atoms with E-state index in [-0.39, 0.29) is 18.6 Å². The van der Waals surface area contributed by atoms with Gasteiger partial charge in [-0.3, -0.25) is 4.79 Å². The first-order chi connectivity index (χ1) is 12.6. The zero-order chi connectivity index (χ0) is 18.4. The SMILES string of the molecule is Cc1ccc(NCC(=O)Nc2ccccc2OCC2CCCO2)cc1Cl. The van der Waals surface area contributed by atoms with Gasteiger partial charge < -0.3 is 20.1 Å². The second-order valence-corrected chi connectivity index (χ2v) is 6.72. The van der Waals surface area contributed by atoms with E-state index in [1.54, 1.807) is 0 Å². The summed E-state index contributed by atoms with van der Waals surface area (Å²) in [6, 6.07) is 13.0. The minimum atomic E-state index is -0.158. The first-order valence-corrected chi connectivity index (χ1v) is 9.13. The highest BCUT2D eigenvalue weighted by atomic mass is 35.5. The van der Waals surface area contributed by atoms with Gasteiger partial charge in [0, 0.05) is 17.3 Å². The van der Waals surface area contributed by atoms with E-state index in [0.29, 0.717) is 23.1 Å². The molecule has 1 fully saturated rings. The van der Waals surface area contributed by atoms with Crippen LogP contribution in [0.1, 0.15) is 18.4 Å². The lowest BCUT2D eigenvalue weighted by Crippen LogP contribution is -2.22. The monoisotopic (exact) mass is 374 g/mol. The molecule has 2 N–H and O–H groups in total. The van der Waals surface area contributed by atoms with Gasteiger partial charge in [0.2, 0.25) is 5.91 Å². The number of ether oxygens (including phenoxy) is 2. The zero-order valence-corrected chi connectivity index (χ0v) is 15.5. The number of nitrogens with one attached hydrogen (secondary N) is 2. The van der Waals surface area contributed by atoms with Crippen LogP contribution < -0.4 is 15.4 Å². The van der Waals surface area contributed by atoms with Crippen molar-refractivity contribution in [1.82, 2.24) is 0 Å². The van der Waals surface area contributed by atoms with Gasteiger partial charge in [0.1, 0.15) is 12.4 Å². The number of hydrogen-bond donors (Lipinski definition) is 2. The van der Waals surface area contributed by atoms with Crippen LogP contribution in [0.5, 0.6) is 5.75 Å². The van der Waals surface area contributed by atoms with Crippen molar-refractivity contribution in [1.29, 1.82) is 0 Å². The Hall–Kier alpha value is -2.24. The largest absolute Gasteiger partial charge is 0.489 e. The molecule has 3 rings (SSSR count). The molecule has 1 unspecified atom stereocenters. The second-order valence-electron chi connectivity index (χ2n) is 6.31. The normalized spacial score (nSPS) is 16.3. The van der Waals surface area contributed by atoms with Crippen molar-refractivity contribution in [2.45, 2.75) is 25.9 Å². The van der Waals surface area contributed by atoms with E-state index < -0.39 is 0 Å².